The lowest BCUT2D eigenvalue weighted by Gasteiger charge is -2.15. The molecule has 1 heterocycles. The van der Waals surface area contributed by atoms with Crippen LogP contribution in [0.3, 0.4) is 0 Å². The highest BCUT2D eigenvalue weighted by Crippen LogP contribution is 2.48. The average molecular weight is 338 g/mol. The molecule has 0 saturated heterocycles. The summed E-state index contributed by atoms with van der Waals surface area (Å²) in [7, 11) is 0. The van der Waals surface area contributed by atoms with Crippen molar-refractivity contribution in [3.63, 3.8) is 0 Å². The van der Waals surface area contributed by atoms with Gasteiger partial charge in [-0.05, 0) is 6.42 Å². The topological polar surface area (TPSA) is 38.1 Å². The highest BCUT2D eigenvalue weighted by molar-refractivity contribution is 5.38. The van der Waals surface area contributed by atoms with Crippen LogP contribution in [0.4, 0.5) is 35.1 Å². The van der Waals surface area contributed by atoms with Crippen molar-refractivity contribution in [2.45, 2.75) is 50.2 Å². The molecule has 1 N–H and O–H groups in total. The summed E-state index contributed by atoms with van der Waals surface area (Å²) in [4.78, 5) is 0. The third-order valence-electron chi connectivity index (χ3n) is 3.27. The van der Waals surface area contributed by atoms with Crippen LogP contribution >= 0.6 is 0 Å². The lowest BCUT2D eigenvalue weighted by Crippen LogP contribution is -2.25. The van der Waals surface area contributed by atoms with Gasteiger partial charge in [0.15, 0.2) is 5.69 Å². The average Bonchev–Trinajstić information content (AvgIpc) is 2.74. The van der Waals surface area contributed by atoms with Gasteiger partial charge in [-0.15, -0.1) is 0 Å². The maximum Gasteiger partial charge on any atom is 0.435 e. The number of rotatable bonds is 3. The smallest absolute Gasteiger partial charge is 0.382 e. The predicted octanol–water partition coefficient (Wildman–Crippen LogP) is 3.47. The minimum absolute atomic E-state index is 0.480. The maximum absolute atomic E-state index is 13.4. The standard InChI is InChI=1S/C11H10F8N2O/c12-9(13)4-5-6(8(9)22)7(11(17,18)19)20-21(5)3-1-2-10(14,15)16/h8,22H,1-4H2. The molecule has 1 aromatic rings. The normalized spacial score (nSPS) is 21.2. The van der Waals surface area contributed by atoms with Crippen molar-refractivity contribution in [2.24, 2.45) is 0 Å². The lowest BCUT2D eigenvalue weighted by molar-refractivity contribution is -0.147. The number of hydrogen-bond acceptors (Lipinski definition) is 2. The molecule has 3 nitrogen and oxygen atoms in total. The van der Waals surface area contributed by atoms with E-state index in [1.807, 2.05) is 0 Å². The zero-order chi connectivity index (χ0) is 16.9. The monoisotopic (exact) mass is 338 g/mol. The molecule has 0 aromatic carbocycles. The fourth-order valence-electron chi connectivity index (χ4n) is 2.34. The van der Waals surface area contributed by atoms with Gasteiger partial charge in [0.05, 0.1) is 12.1 Å². The van der Waals surface area contributed by atoms with E-state index in [1.54, 1.807) is 0 Å². The van der Waals surface area contributed by atoms with Crippen molar-refractivity contribution in [1.29, 1.82) is 0 Å². The first-order valence-electron chi connectivity index (χ1n) is 6.12. The molecule has 0 saturated carbocycles. The van der Waals surface area contributed by atoms with E-state index in [2.05, 4.69) is 5.10 Å². The van der Waals surface area contributed by atoms with Crippen LogP contribution in [0.1, 0.15) is 35.9 Å². The van der Waals surface area contributed by atoms with Gasteiger partial charge in [-0.25, -0.2) is 8.78 Å². The van der Waals surface area contributed by atoms with Crippen LogP contribution in [0.15, 0.2) is 0 Å². The second-order valence-electron chi connectivity index (χ2n) is 4.99. The highest BCUT2D eigenvalue weighted by Gasteiger charge is 2.54. The molecular formula is C11H10F8N2O. The van der Waals surface area contributed by atoms with E-state index in [4.69, 9.17) is 0 Å². The van der Waals surface area contributed by atoms with Crippen LogP contribution in [0.25, 0.3) is 0 Å². The Balaban J connectivity index is 2.32. The first kappa shape index (κ1) is 17.0. The van der Waals surface area contributed by atoms with E-state index in [9.17, 15) is 40.2 Å². The Kier molecular flexibility index (Phi) is 3.91. The molecule has 22 heavy (non-hydrogen) atoms. The molecule has 1 atom stereocenters. The van der Waals surface area contributed by atoms with Crippen LogP contribution in [0, 0.1) is 0 Å². The molecule has 0 amide bonds. The Morgan fingerprint density at radius 2 is 1.77 bits per heavy atom. The molecule has 11 heteroatoms. The van der Waals surface area contributed by atoms with Gasteiger partial charge in [-0.2, -0.15) is 31.4 Å². The summed E-state index contributed by atoms with van der Waals surface area (Å²) in [6, 6.07) is 0. The zero-order valence-electron chi connectivity index (χ0n) is 10.8. The quantitative estimate of drug-likeness (QED) is 0.857. The molecule has 1 aromatic heterocycles. The number of aryl methyl sites for hydroxylation is 1. The Hall–Kier alpha value is -1.39. The summed E-state index contributed by atoms with van der Waals surface area (Å²) in [5.41, 5.74) is -3.31. The lowest BCUT2D eigenvalue weighted by atomic mass is 10.1. The number of halogens is 8. The number of aromatic nitrogens is 2. The van der Waals surface area contributed by atoms with Gasteiger partial charge in [0, 0.05) is 18.5 Å². The van der Waals surface area contributed by atoms with E-state index in [0.717, 1.165) is 0 Å². The maximum atomic E-state index is 13.4. The van der Waals surface area contributed by atoms with Gasteiger partial charge in [0.1, 0.15) is 6.10 Å². The highest BCUT2D eigenvalue weighted by atomic mass is 19.4. The first-order chi connectivity index (χ1) is 9.83. The Labute approximate surface area is 118 Å². The third kappa shape index (κ3) is 3.18. The number of alkyl halides is 8. The fourth-order valence-corrected chi connectivity index (χ4v) is 2.34. The molecule has 2 rings (SSSR count). The van der Waals surface area contributed by atoms with Gasteiger partial charge in [-0.1, -0.05) is 0 Å². The van der Waals surface area contributed by atoms with Crippen LogP contribution in [-0.4, -0.2) is 27.0 Å². The molecule has 1 aliphatic rings. The van der Waals surface area contributed by atoms with Crippen LogP contribution < -0.4 is 0 Å². The van der Waals surface area contributed by atoms with E-state index in [0.29, 0.717) is 4.68 Å². The molecular weight excluding hydrogens is 328 g/mol. The van der Waals surface area contributed by atoms with Crippen molar-refractivity contribution >= 4 is 0 Å². The van der Waals surface area contributed by atoms with E-state index < -0.39 is 67.1 Å². The van der Waals surface area contributed by atoms with Crippen molar-refractivity contribution < 1.29 is 40.2 Å². The molecule has 1 unspecified atom stereocenters. The second kappa shape index (κ2) is 5.07. The van der Waals surface area contributed by atoms with Gasteiger partial charge in [0.2, 0.25) is 0 Å². The van der Waals surface area contributed by atoms with Gasteiger partial charge >= 0.3 is 12.4 Å². The summed E-state index contributed by atoms with van der Waals surface area (Å²) in [6.45, 7) is -0.597. The minimum atomic E-state index is -5.08. The van der Waals surface area contributed by atoms with Crippen molar-refractivity contribution in [3.05, 3.63) is 17.0 Å². The molecule has 0 aliphatic heterocycles. The Morgan fingerprint density at radius 3 is 2.27 bits per heavy atom. The number of fused-ring (bicyclic) bond motifs is 1. The second-order valence-corrected chi connectivity index (χ2v) is 4.99. The summed E-state index contributed by atoms with van der Waals surface area (Å²) >= 11 is 0. The van der Waals surface area contributed by atoms with Crippen molar-refractivity contribution in [2.75, 3.05) is 0 Å². The van der Waals surface area contributed by atoms with Gasteiger partial charge < -0.3 is 5.11 Å². The minimum Gasteiger partial charge on any atom is -0.382 e. The van der Waals surface area contributed by atoms with E-state index in [-0.39, 0.29) is 0 Å². The molecule has 126 valence electrons. The summed E-state index contributed by atoms with van der Waals surface area (Å²) in [5, 5.41) is 12.4. The zero-order valence-corrected chi connectivity index (χ0v) is 10.8. The summed E-state index contributed by atoms with van der Waals surface area (Å²) < 4.78 is 102. The number of aliphatic hydroxyl groups excluding tert-OH is 1. The molecule has 0 spiro atoms. The Bertz CT molecular complexity index is 560. The van der Waals surface area contributed by atoms with E-state index in [1.165, 1.54) is 0 Å². The number of aliphatic hydroxyl groups is 1. The van der Waals surface area contributed by atoms with E-state index >= 15 is 0 Å². The fraction of sp³-hybridized carbons (Fsp3) is 0.727. The largest absolute Gasteiger partial charge is 0.435 e. The van der Waals surface area contributed by atoms with Crippen LogP contribution in [0.5, 0.6) is 0 Å². The molecule has 0 radical (unpaired) electrons. The summed E-state index contributed by atoms with van der Waals surface area (Å²) in [5.74, 6) is -3.81. The summed E-state index contributed by atoms with van der Waals surface area (Å²) in [6.07, 6.45) is -15.3. The molecule has 1 aliphatic carbocycles. The SMILES string of the molecule is OC1c2c(C(F)(F)F)nn(CCCC(F)(F)F)c2CC1(F)F. The molecule has 0 fully saturated rings. The number of nitrogens with zero attached hydrogens (tertiary/aromatic N) is 2. The van der Waals surface area contributed by atoms with Crippen LogP contribution in [-0.2, 0) is 19.1 Å². The predicted molar refractivity (Wildman–Crippen MR) is 56.1 cm³/mol. The van der Waals surface area contributed by atoms with Crippen molar-refractivity contribution in [3.8, 4) is 0 Å². The third-order valence-corrected chi connectivity index (χ3v) is 3.27. The van der Waals surface area contributed by atoms with Crippen LogP contribution in [0.2, 0.25) is 0 Å². The Morgan fingerprint density at radius 1 is 1.18 bits per heavy atom. The van der Waals surface area contributed by atoms with Gasteiger partial charge in [-0.3, -0.25) is 4.68 Å². The first-order valence-corrected chi connectivity index (χ1v) is 6.12. The van der Waals surface area contributed by atoms with Gasteiger partial charge in [0.25, 0.3) is 5.92 Å². The van der Waals surface area contributed by atoms with Crippen molar-refractivity contribution in [1.82, 2.24) is 9.78 Å². The number of hydrogen-bond donors (Lipinski definition) is 1. The molecule has 0 bridgehead atoms.